The third-order valence-corrected chi connectivity index (χ3v) is 4.95. The van der Waals surface area contributed by atoms with Crippen molar-refractivity contribution < 1.29 is 13.3 Å². The second-order valence-corrected chi connectivity index (χ2v) is 6.53. The number of anilines is 1. The number of nitro benzene ring substituents is 1. The molecule has 0 amide bonds. The van der Waals surface area contributed by atoms with E-state index in [1.165, 1.54) is 24.5 Å². The number of nitro groups is 1. The first-order valence-electron chi connectivity index (χ1n) is 6.42. The minimum atomic E-state index is -4.10. The average Bonchev–Trinajstić information content (AvgIpc) is 2.43. The van der Waals surface area contributed by atoms with Gasteiger partial charge in [-0.3, -0.25) is 19.8 Å². The lowest BCUT2D eigenvalue weighted by Crippen LogP contribution is -2.17. The lowest BCUT2D eigenvalue weighted by Gasteiger charge is -2.13. The van der Waals surface area contributed by atoms with Gasteiger partial charge in [-0.15, -0.1) is 0 Å². The number of pyridine rings is 1. The van der Waals surface area contributed by atoms with Crippen LogP contribution in [0.4, 0.5) is 11.4 Å². The van der Waals surface area contributed by atoms with Crippen molar-refractivity contribution in [3.63, 3.8) is 0 Å². The number of rotatable bonds is 4. The van der Waals surface area contributed by atoms with Crippen LogP contribution < -0.4 is 4.72 Å². The molecule has 0 aliphatic rings. The van der Waals surface area contributed by atoms with Gasteiger partial charge >= 0.3 is 0 Å². The lowest BCUT2D eigenvalue weighted by atomic mass is 10.1. The molecular weight excluding hydrogens is 306 g/mol. The molecule has 0 saturated heterocycles. The van der Waals surface area contributed by atoms with Gasteiger partial charge in [0.25, 0.3) is 15.7 Å². The van der Waals surface area contributed by atoms with E-state index in [2.05, 4.69) is 9.71 Å². The Hall–Kier alpha value is -2.48. The van der Waals surface area contributed by atoms with Gasteiger partial charge in [-0.05, 0) is 43.5 Å². The summed E-state index contributed by atoms with van der Waals surface area (Å²) in [5.41, 5.74) is 1.53. The van der Waals surface area contributed by atoms with E-state index in [4.69, 9.17) is 0 Å². The highest BCUT2D eigenvalue weighted by Gasteiger charge is 2.29. The fourth-order valence-electron chi connectivity index (χ4n) is 2.03. The number of aromatic nitrogens is 1. The summed E-state index contributed by atoms with van der Waals surface area (Å²) < 4.78 is 27.6. The van der Waals surface area contributed by atoms with Crippen molar-refractivity contribution in [2.24, 2.45) is 0 Å². The molecule has 0 atom stereocenters. The third kappa shape index (κ3) is 2.91. The average molecular weight is 321 g/mol. The van der Waals surface area contributed by atoms with Crippen LogP contribution in [0.3, 0.4) is 0 Å². The monoisotopic (exact) mass is 321 g/mol. The predicted molar refractivity (Wildman–Crippen MR) is 82.4 cm³/mol. The van der Waals surface area contributed by atoms with Crippen molar-refractivity contribution in [1.82, 2.24) is 4.98 Å². The van der Waals surface area contributed by atoms with Crippen LogP contribution in [0.1, 0.15) is 16.7 Å². The van der Waals surface area contributed by atoms with Crippen molar-refractivity contribution >= 4 is 21.4 Å². The Bertz CT molecular complexity index is 847. The highest BCUT2D eigenvalue weighted by atomic mass is 32.2. The molecule has 0 unspecified atom stereocenters. The van der Waals surface area contributed by atoms with E-state index < -0.39 is 20.6 Å². The zero-order valence-corrected chi connectivity index (χ0v) is 13.1. The Kier molecular flexibility index (Phi) is 4.14. The Morgan fingerprint density at radius 2 is 1.82 bits per heavy atom. The molecule has 2 aromatic rings. The fourth-order valence-corrected chi connectivity index (χ4v) is 3.61. The molecule has 116 valence electrons. The molecule has 1 aromatic carbocycles. The van der Waals surface area contributed by atoms with Gasteiger partial charge < -0.3 is 0 Å². The molecule has 0 aliphatic heterocycles. The van der Waals surface area contributed by atoms with Crippen molar-refractivity contribution in [3.8, 4) is 0 Å². The lowest BCUT2D eigenvalue weighted by molar-refractivity contribution is -0.387. The Morgan fingerprint density at radius 3 is 2.41 bits per heavy atom. The molecule has 0 fully saturated rings. The molecule has 0 aliphatic carbocycles. The molecule has 0 radical (unpaired) electrons. The maximum atomic E-state index is 12.6. The van der Waals surface area contributed by atoms with Gasteiger partial charge in [0.15, 0.2) is 4.90 Å². The maximum Gasteiger partial charge on any atom is 0.290 e. The molecule has 0 spiro atoms. The molecule has 1 N–H and O–H groups in total. The van der Waals surface area contributed by atoms with Gasteiger partial charge in [0, 0.05) is 12.3 Å². The highest BCUT2D eigenvalue weighted by Crippen LogP contribution is 2.31. The maximum absolute atomic E-state index is 12.6. The van der Waals surface area contributed by atoms with Gasteiger partial charge in [0.1, 0.15) is 0 Å². The Balaban J connectivity index is 2.62. The minimum absolute atomic E-state index is 0.290. The van der Waals surface area contributed by atoms with Crippen LogP contribution in [0, 0.1) is 30.9 Å². The number of benzene rings is 1. The van der Waals surface area contributed by atoms with Crippen molar-refractivity contribution in [3.05, 3.63) is 57.4 Å². The second kappa shape index (κ2) is 5.72. The third-order valence-electron chi connectivity index (χ3n) is 3.40. The summed E-state index contributed by atoms with van der Waals surface area (Å²) in [6.07, 6.45) is 2.90. The van der Waals surface area contributed by atoms with E-state index in [-0.39, 0.29) is 10.6 Å². The Morgan fingerprint density at radius 1 is 1.14 bits per heavy atom. The molecule has 1 heterocycles. The largest absolute Gasteiger partial charge is 0.290 e. The molecule has 22 heavy (non-hydrogen) atoms. The van der Waals surface area contributed by atoms with E-state index >= 15 is 0 Å². The number of hydrogen-bond donors (Lipinski definition) is 1. The summed E-state index contributed by atoms with van der Waals surface area (Å²) >= 11 is 0. The molecular formula is C14H15N3O4S. The Labute approximate surface area is 128 Å². The molecule has 0 bridgehead atoms. The van der Waals surface area contributed by atoms with Gasteiger partial charge in [-0.25, -0.2) is 8.42 Å². The smallest absolute Gasteiger partial charge is 0.278 e. The standard InChI is InChI=1S/C14H15N3O4S/c1-9-4-5-13(17(18)19)14(11(9)3)22(20,21)16-12-8-15-7-6-10(12)2/h4-8,16H,1-3H3. The van der Waals surface area contributed by atoms with Crippen molar-refractivity contribution in [1.29, 1.82) is 0 Å². The second-order valence-electron chi connectivity index (χ2n) is 4.91. The first-order chi connectivity index (χ1) is 10.2. The molecule has 7 nitrogen and oxygen atoms in total. The van der Waals surface area contributed by atoms with E-state index in [9.17, 15) is 18.5 Å². The SMILES string of the molecule is Cc1ccncc1NS(=O)(=O)c1c([N+](=O)[O-])ccc(C)c1C. The first-order valence-corrected chi connectivity index (χ1v) is 7.90. The topological polar surface area (TPSA) is 102 Å². The van der Waals surface area contributed by atoms with Crippen molar-refractivity contribution in [2.45, 2.75) is 25.7 Å². The van der Waals surface area contributed by atoms with Gasteiger partial charge in [-0.1, -0.05) is 6.07 Å². The van der Waals surface area contributed by atoms with Gasteiger partial charge in [0.05, 0.1) is 16.8 Å². The number of hydrogen-bond acceptors (Lipinski definition) is 5. The van der Waals surface area contributed by atoms with E-state index in [0.29, 0.717) is 16.7 Å². The molecule has 0 saturated carbocycles. The number of sulfonamides is 1. The van der Waals surface area contributed by atoms with Crippen LogP contribution in [-0.2, 0) is 10.0 Å². The number of aryl methyl sites for hydroxylation is 2. The van der Waals surface area contributed by atoms with E-state index in [1.54, 1.807) is 26.8 Å². The van der Waals surface area contributed by atoms with Crippen LogP contribution in [0.15, 0.2) is 35.5 Å². The van der Waals surface area contributed by atoms with Crippen molar-refractivity contribution in [2.75, 3.05) is 4.72 Å². The molecule has 1 aromatic heterocycles. The summed E-state index contributed by atoms with van der Waals surface area (Å²) in [5.74, 6) is 0. The first kappa shape index (κ1) is 15.9. The van der Waals surface area contributed by atoms with Gasteiger partial charge in [0.2, 0.25) is 0 Å². The highest BCUT2D eigenvalue weighted by molar-refractivity contribution is 7.93. The fraction of sp³-hybridized carbons (Fsp3) is 0.214. The summed E-state index contributed by atoms with van der Waals surface area (Å²) in [5, 5.41) is 11.2. The molecule has 8 heteroatoms. The van der Waals surface area contributed by atoms with E-state index in [0.717, 1.165) is 0 Å². The summed E-state index contributed by atoms with van der Waals surface area (Å²) in [7, 11) is -4.10. The van der Waals surface area contributed by atoms with Crippen LogP contribution in [0.2, 0.25) is 0 Å². The van der Waals surface area contributed by atoms with Crippen LogP contribution in [0.25, 0.3) is 0 Å². The minimum Gasteiger partial charge on any atom is -0.278 e. The number of nitrogens with zero attached hydrogens (tertiary/aromatic N) is 2. The van der Waals surface area contributed by atoms with Crippen LogP contribution >= 0.6 is 0 Å². The number of nitrogens with one attached hydrogen (secondary N) is 1. The van der Waals surface area contributed by atoms with E-state index in [1.807, 2.05) is 0 Å². The summed E-state index contributed by atoms with van der Waals surface area (Å²) in [6.45, 7) is 4.97. The van der Waals surface area contributed by atoms with Gasteiger partial charge in [-0.2, -0.15) is 0 Å². The summed E-state index contributed by atoms with van der Waals surface area (Å²) in [6, 6.07) is 4.38. The summed E-state index contributed by atoms with van der Waals surface area (Å²) in [4.78, 5) is 14.0. The zero-order valence-electron chi connectivity index (χ0n) is 12.3. The van der Waals surface area contributed by atoms with Crippen LogP contribution in [-0.4, -0.2) is 18.3 Å². The predicted octanol–water partition coefficient (Wildman–Crippen LogP) is 2.72. The normalized spacial score (nSPS) is 11.2. The molecule has 2 rings (SSSR count). The van der Waals surface area contributed by atoms with Crippen LogP contribution in [0.5, 0.6) is 0 Å². The zero-order chi connectivity index (χ0) is 16.5. The quantitative estimate of drug-likeness (QED) is 0.689.